The number of pyridine rings is 1. The van der Waals surface area contributed by atoms with Crippen LogP contribution >= 0.6 is 0 Å². The smallest absolute Gasteiger partial charge is 0.270 e. The first-order valence-corrected chi connectivity index (χ1v) is 7.86. The number of ether oxygens (including phenoxy) is 1. The van der Waals surface area contributed by atoms with Crippen LogP contribution in [0.1, 0.15) is 22.8 Å². The lowest BCUT2D eigenvalue weighted by Crippen LogP contribution is -2.36. The van der Waals surface area contributed by atoms with E-state index in [1.54, 1.807) is 18.3 Å². The first-order valence-electron chi connectivity index (χ1n) is 7.86. The highest BCUT2D eigenvalue weighted by molar-refractivity contribution is 5.96. The summed E-state index contributed by atoms with van der Waals surface area (Å²) in [7, 11) is 0. The lowest BCUT2D eigenvalue weighted by molar-refractivity contribution is -0.384. The van der Waals surface area contributed by atoms with E-state index in [2.05, 4.69) is 15.6 Å². The highest BCUT2D eigenvalue weighted by atomic mass is 16.6. The minimum atomic E-state index is -0.589. The molecule has 26 heavy (non-hydrogen) atoms. The number of aromatic nitrogens is 1. The Labute approximate surface area is 149 Å². The minimum Gasteiger partial charge on any atom is -0.478 e. The topological polar surface area (TPSA) is 123 Å². The van der Waals surface area contributed by atoms with Crippen LogP contribution in [0.3, 0.4) is 0 Å². The summed E-state index contributed by atoms with van der Waals surface area (Å²) in [6.45, 7) is 2.35. The molecule has 2 aromatic rings. The van der Waals surface area contributed by atoms with Gasteiger partial charge in [-0.3, -0.25) is 19.7 Å². The van der Waals surface area contributed by atoms with Crippen LogP contribution in [0.5, 0.6) is 5.88 Å². The summed E-state index contributed by atoms with van der Waals surface area (Å²) < 4.78 is 5.28. The Hall–Kier alpha value is -3.49. The third-order valence-corrected chi connectivity index (χ3v) is 3.31. The molecular formula is C17H18N4O5. The SMILES string of the molecule is CCOc1cc(CNC(=O)CNC(=O)c2cccc([N+](=O)[O-])c2)ccn1. The first-order chi connectivity index (χ1) is 12.5. The number of hydrogen-bond acceptors (Lipinski definition) is 6. The molecule has 1 heterocycles. The van der Waals surface area contributed by atoms with Gasteiger partial charge in [0.05, 0.1) is 18.1 Å². The Kier molecular flexibility index (Phi) is 6.60. The van der Waals surface area contributed by atoms with Crippen molar-refractivity contribution in [1.29, 1.82) is 0 Å². The van der Waals surface area contributed by atoms with E-state index >= 15 is 0 Å². The molecule has 0 saturated heterocycles. The van der Waals surface area contributed by atoms with E-state index in [0.29, 0.717) is 12.5 Å². The molecule has 1 aromatic carbocycles. The second-order valence-electron chi connectivity index (χ2n) is 5.20. The van der Waals surface area contributed by atoms with Gasteiger partial charge < -0.3 is 15.4 Å². The highest BCUT2D eigenvalue weighted by Crippen LogP contribution is 2.12. The van der Waals surface area contributed by atoms with Crippen molar-refractivity contribution < 1.29 is 19.2 Å². The Morgan fingerprint density at radius 3 is 2.77 bits per heavy atom. The predicted octanol–water partition coefficient (Wildman–Crippen LogP) is 1.43. The summed E-state index contributed by atoms with van der Waals surface area (Å²) in [4.78, 5) is 38.0. The summed E-state index contributed by atoms with van der Waals surface area (Å²) in [5.41, 5.74) is 0.731. The molecular weight excluding hydrogens is 340 g/mol. The molecule has 9 heteroatoms. The Morgan fingerprint density at radius 1 is 1.23 bits per heavy atom. The maximum atomic E-state index is 12.0. The second kappa shape index (κ2) is 9.11. The number of rotatable bonds is 8. The molecule has 2 N–H and O–H groups in total. The highest BCUT2D eigenvalue weighted by Gasteiger charge is 2.12. The van der Waals surface area contributed by atoms with Crippen molar-refractivity contribution in [3.05, 3.63) is 63.8 Å². The maximum Gasteiger partial charge on any atom is 0.270 e. The van der Waals surface area contributed by atoms with Crippen LogP contribution in [-0.2, 0) is 11.3 Å². The number of nitro groups is 1. The minimum absolute atomic E-state index is 0.113. The quantitative estimate of drug-likeness (QED) is 0.543. The molecule has 2 rings (SSSR count). The molecule has 0 fully saturated rings. The summed E-state index contributed by atoms with van der Waals surface area (Å²) in [5.74, 6) is -0.483. The Bertz CT molecular complexity index is 809. The zero-order chi connectivity index (χ0) is 18.9. The van der Waals surface area contributed by atoms with Gasteiger partial charge in [-0.05, 0) is 24.6 Å². The average molecular weight is 358 g/mol. The van der Waals surface area contributed by atoms with Crippen molar-refractivity contribution in [2.45, 2.75) is 13.5 Å². The summed E-state index contributed by atoms with van der Waals surface area (Å²) >= 11 is 0. The molecule has 0 aliphatic rings. The van der Waals surface area contributed by atoms with E-state index in [9.17, 15) is 19.7 Å². The molecule has 136 valence electrons. The lowest BCUT2D eigenvalue weighted by Gasteiger charge is -2.08. The van der Waals surface area contributed by atoms with Crippen molar-refractivity contribution >= 4 is 17.5 Å². The molecule has 0 saturated carbocycles. The number of benzene rings is 1. The fourth-order valence-corrected chi connectivity index (χ4v) is 2.07. The van der Waals surface area contributed by atoms with Gasteiger partial charge in [-0.25, -0.2) is 4.98 Å². The zero-order valence-electron chi connectivity index (χ0n) is 14.1. The van der Waals surface area contributed by atoms with E-state index in [-0.39, 0.29) is 24.3 Å². The van der Waals surface area contributed by atoms with Crippen molar-refractivity contribution in [3.8, 4) is 5.88 Å². The molecule has 1 aromatic heterocycles. The van der Waals surface area contributed by atoms with Gasteiger partial charge in [-0.2, -0.15) is 0 Å². The molecule has 0 spiro atoms. The number of amides is 2. The number of carbonyl (C=O) groups is 2. The monoisotopic (exact) mass is 358 g/mol. The second-order valence-corrected chi connectivity index (χ2v) is 5.20. The van der Waals surface area contributed by atoms with Gasteiger partial charge in [0.1, 0.15) is 0 Å². The van der Waals surface area contributed by atoms with Gasteiger partial charge in [-0.1, -0.05) is 6.07 Å². The number of nitro benzene ring substituents is 1. The van der Waals surface area contributed by atoms with Crippen molar-refractivity contribution in [2.75, 3.05) is 13.2 Å². The largest absolute Gasteiger partial charge is 0.478 e. The first kappa shape index (κ1) is 18.8. The summed E-state index contributed by atoms with van der Waals surface area (Å²) in [6, 6.07) is 8.74. The standard InChI is InChI=1S/C17H18N4O5/c1-2-26-16-8-12(6-7-18-16)10-19-15(22)11-20-17(23)13-4-3-5-14(9-13)21(24)25/h3-9H,2,10-11H2,1H3,(H,19,22)(H,20,23). The fourth-order valence-electron chi connectivity index (χ4n) is 2.07. The molecule has 0 aliphatic carbocycles. The average Bonchev–Trinajstić information content (AvgIpc) is 2.65. The number of carbonyl (C=O) groups excluding carboxylic acids is 2. The number of nitrogens with zero attached hydrogens (tertiary/aromatic N) is 2. The van der Waals surface area contributed by atoms with Gasteiger partial charge >= 0.3 is 0 Å². The van der Waals surface area contributed by atoms with Crippen LogP contribution in [0.2, 0.25) is 0 Å². The van der Waals surface area contributed by atoms with Gasteiger partial charge in [0, 0.05) is 36.5 Å². The molecule has 2 amide bonds. The van der Waals surface area contributed by atoms with Gasteiger partial charge in [-0.15, -0.1) is 0 Å². The lowest BCUT2D eigenvalue weighted by atomic mass is 10.2. The Balaban J connectivity index is 1.83. The predicted molar refractivity (Wildman–Crippen MR) is 92.7 cm³/mol. The van der Waals surface area contributed by atoms with Crippen LogP contribution in [0.4, 0.5) is 5.69 Å². The van der Waals surface area contributed by atoms with Crippen LogP contribution in [0.25, 0.3) is 0 Å². The van der Waals surface area contributed by atoms with Crippen molar-refractivity contribution in [3.63, 3.8) is 0 Å². The summed E-state index contributed by atoms with van der Waals surface area (Å²) in [5, 5.41) is 15.8. The Morgan fingerprint density at radius 2 is 2.04 bits per heavy atom. The van der Waals surface area contributed by atoms with Crippen LogP contribution < -0.4 is 15.4 Å². The number of hydrogen-bond donors (Lipinski definition) is 2. The number of nitrogens with one attached hydrogen (secondary N) is 2. The molecule has 0 unspecified atom stereocenters. The third kappa shape index (κ3) is 5.55. The van der Waals surface area contributed by atoms with E-state index in [4.69, 9.17) is 4.74 Å². The van der Waals surface area contributed by atoms with Gasteiger partial charge in [0.2, 0.25) is 11.8 Å². The van der Waals surface area contributed by atoms with Gasteiger partial charge in [0.15, 0.2) is 0 Å². The molecule has 0 bridgehead atoms. The van der Waals surface area contributed by atoms with Gasteiger partial charge in [0.25, 0.3) is 11.6 Å². The molecule has 9 nitrogen and oxygen atoms in total. The van der Waals surface area contributed by atoms with Crippen LogP contribution in [0.15, 0.2) is 42.6 Å². The van der Waals surface area contributed by atoms with Crippen molar-refractivity contribution in [2.24, 2.45) is 0 Å². The molecule has 0 atom stereocenters. The van der Waals surface area contributed by atoms with E-state index in [1.165, 1.54) is 18.2 Å². The normalized spacial score (nSPS) is 10.0. The van der Waals surface area contributed by atoms with E-state index in [1.807, 2.05) is 6.92 Å². The van der Waals surface area contributed by atoms with Crippen LogP contribution in [-0.4, -0.2) is 34.9 Å². The third-order valence-electron chi connectivity index (χ3n) is 3.31. The molecule has 0 radical (unpaired) electrons. The number of non-ortho nitro benzene ring substituents is 1. The zero-order valence-corrected chi connectivity index (χ0v) is 14.1. The summed E-state index contributed by atoms with van der Waals surface area (Å²) in [6.07, 6.45) is 1.58. The maximum absolute atomic E-state index is 12.0. The molecule has 0 aliphatic heterocycles. The van der Waals surface area contributed by atoms with Crippen LogP contribution in [0, 0.1) is 10.1 Å². The van der Waals surface area contributed by atoms with Crippen molar-refractivity contribution in [1.82, 2.24) is 15.6 Å². The van der Waals surface area contributed by atoms with E-state index < -0.39 is 16.7 Å². The van der Waals surface area contributed by atoms with E-state index in [0.717, 1.165) is 11.6 Å². The fraction of sp³-hybridized carbons (Fsp3) is 0.235.